The van der Waals surface area contributed by atoms with Crippen LogP contribution in [0.15, 0.2) is 6.07 Å². The molecule has 10 heavy (non-hydrogen) atoms. The summed E-state index contributed by atoms with van der Waals surface area (Å²) in [6.45, 7) is -0.674. The average Bonchev–Trinajstić information content (AvgIpc) is 1.85. The normalized spacial score (nSPS) is 9.80. The third-order valence-corrected chi connectivity index (χ3v) is 1.08. The standard InChI is InChI=1S/C5H5ClFN3/c6-5-9-3(2-7)1-4(8)10-5/h1H,2H2,(H2,8,9,10). The lowest BCUT2D eigenvalue weighted by Gasteiger charge is -1.95. The van der Waals surface area contributed by atoms with Gasteiger partial charge in [-0.1, -0.05) is 0 Å². The van der Waals surface area contributed by atoms with Crippen LogP contribution in [0.3, 0.4) is 0 Å². The van der Waals surface area contributed by atoms with Crippen molar-refractivity contribution in [3.8, 4) is 0 Å². The molecule has 5 heteroatoms. The first-order valence-electron chi connectivity index (χ1n) is 2.57. The Morgan fingerprint density at radius 3 is 2.80 bits per heavy atom. The average molecular weight is 162 g/mol. The van der Waals surface area contributed by atoms with Crippen molar-refractivity contribution in [1.29, 1.82) is 0 Å². The maximum absolute atomic E-state index is 11.9. The van der Waals surface area contributed by atoms with Gasteiger partial charge in [0.15, 0.2) is 0 Å². The molecule has 0 saturated carbocycles. The summed E-state index contributed by atoms with van der Waals surface area (Å²) < 4.78 is 11.9. The Bertz CT molecular complexity index is 220. The number of hydrogen-bond donors (Lipinski definition) is 1. The van der Waals surface area contributed by atoms with E-state index in [0.717, 1.165) is 0 Å². The third kappa shape index (κ3) is 1.54. The molecular weight excluding hydrogens is 157 g/mol. The van der Waals surface area contributed by atoms with Gasteiger partial charge in [0.1, 0.15) is 12.5 Å². The lowest BCUT2D eigenvalue weighted by atomic mass is 10.4. The largest absolute Gasteiger partial charge is 0.384 e. The Morgan fingerprint density at radius 1 is 1.60 bits per heavy atom. The molecule has 0 spiro atoms. The Hall–Kier alpha value is -0.900. The number of halogens is 2. The van der Waals surface area contributed by atoms with Gasteiger partial charge in [0.05, 0.1) is 5.69 Å². The lowest BCUT2D eigenvalue weighted by Crippen LogP contribution is -1.95. The van der Waals surface area contributed by atoms with Crippen LogP contribution in [0.5, 0.6) is 0 Å². The number of rotatable bonds is 1. The summed E-state index contributed by atoms with van der Waals surface area (Å²) in [5.74, 6) is 0.188. The molecule has 0 saturated heterocycles. The molecule has 0 fully saturated rings. The molecule has 1 heterocycles. The summed E-state index contributed by atoms with van der Waals surface area (Å²) in [6.07, 6.45) is 0. The summed E-state index contributed by atoms with van der Waals surface area (Å²) in [4.78, 5) is 7.10. The molecule has 0 amide bonds. The van der Waals surface area contributed by atoms with Crippen LogP contribution in [0.1, 0.15) is 5.69 Å². The highest BCUT2D eigenvalue weighted by atomic mass is 35.5. The minimum atomic E-state index is -0.674. The molecule has 0 aliphatic rings. The van der Waals surface area contributed by atoms with E-state index >= 15 is 0 Å². The van der Waals surface area contributed by atoms with E-state index in [4.69, 9.17) is 17.3 Å². The van der Waals surface area contributed by atoms with Gasteiger partial charge >= 0.3 is 0 Å². The molecule has 0 atom stereocenters. The second-order valence-corrected chi connectivity index (χ2v) is 2.02. The molecule has 54 valence electrons. The number of hydrogen-bond acceptors (Lipinski definition) is 3. The predicted octanol–water partition coefficient (Wildman–Crippen LogP) is 1.18. The highest BCUT2D eigenvalue weighted by molar-refractivity contribution is 6.28. The zero-order valence-corrected chi connectivity index (χ0v) is 5.77. The molecule has 2 N–H and O–H groups in total. The second-order valence-electron chi connectivity index (χ2n) is 1.69. The number of alkyl halides is 1. The SMILES string of the molecule is Nc1cc(CF)nc(Cl)n1. The molecule has 0 aliphatic carbocycles. The van der Waals surface area contributed by atoms with E-state index in [0.29, 0.717) is 0 Å². The minimum absolute atomic E-state index is 0.0207. The van der Waals surface area contributed by atoms with Gasteiger partial charge in [-0.15, -0.1) is 0 Å². The molecule has 0 radical (unpaired) electrons. The summed E-state index contributed by atoms with van der Waals surface area (Å²) in [6, 6.07) is 1.34. The van der Waals surface area contributed by atoms with Gasteiger partial charge in [-0.05, 0) is 11.6 Å². The van der Waals surface area contributed by atoms with Crippen LogP contribution in [-0.2, 0) is 6.67 Å². The fourth-order valence-electron chi connectivity index (χ4n) is 0.554. The molecule has 3 nitrogen and oxygen atoms in total. The van der Waals surface area contributed by atoms with E-state index in [-0.39, 0.29) is 16.8 Å². The van der Waals surface area contributed by atoms with Crippen molar-refractivity contribution in [2.75, 3.05) is 5.73 Å². The number of anilines is 1. The van der Waals surface area contributed by atoms with Crippen molar-refractivity contribution in [2.45, 2.75) is 6.67 Å². The van der Waals surface area contributed by atoms with Gasteiger partial charge < -0.3 is 5.73 Å². The van der Waals surface area contributed by atoms with Crippen molar-refractivity contribution < 1.29 is 4.39 Å². The first-order chi connectivity index (χ1) is 4.72. The molecule has 0 aromatic carbocycles. The van der Waals surface area contributed by atoms with E-state index in [1.807, 2.05) is 0 Å². The van der Waals surface area contributed by atoms with Crippen LogP contribution in [0, 0.1) is 0 Å². The van der Waals surface area contributed by atoms with Crippen molar-refractivity contribution >= 4 is 17.4 Å². The van der Waals surface area contributed by atoms with Crippen molar-refractivity contribution in [1.82, 2.24) is 9.97 Å². The van der Waals surface area contributed by atoms with Crippen molar-refractivity contribution in [3.63, 3.8) is 0 Å². The number of nitrogens with two attached hydrogens (primary N) is 1. The van der Waals surface area contributed by atoms with Gasteiger partial charge in [-0.25, -0.2) is 14.4 Å². The number of aromatic nitrogens is 2. The predicted molar refractivity (Wildman–Crippen MR) is 36.3 cm³/mol. The van der Waals surface area contributed by atoms with Crippen LogP contribution in [0.25, 0.3) is 0 Å². The number of nitrogens with zero attached hydrogens (tertiary/aromatic N) is 2. The molecule has 0 unspecified atom stereocenters. The maximum atomic E-state index is 11.9. The molecule has 1 aromatic heterocycles. The van der Waals surface area contributed by atoms with Crippen LogP contribution >= 0.6 is 11.6 Å². The molecule has 0 aliphatic heterocycles. The van der Waals surface area contributed by atoms with E-state index in [1.165, 1.54) is 6.07 Å². The third-order valence-electron chi connectivity index (χ3n) is 0.909. The van der Waals surface area contributed by atoms with Crippen LogP contribution in [0.2, 0.25) is 5.28 Å². The van der Waals surface area contributed by atoms with Crippen molar-refractivity contribution in [2.24, 2.45) is 0 Å². The monoisotopic (exact) mass is 161 g/mol. The lowest BCUT2D eigenvalue weighted by molar-refractivity contribution is 0.475. The van der Waals surface area contributed by atoms with Gasteiger partial charge in [-0.2, -0.15) is 0 Å². The van der Waals surface area contributed by atoms with Crippen LogP contribution in [-0.4, -0.2) is 9.97 Å². The fraction of sp³-hybridized carbons (Fsp3) is 0.200. The van der Waals surface area contributed by atoms with Gasteiger partial charge in [0.2, 0.25) is 5.28 Å². The summed E-state index contributed by atoms with van der Waals surface area (Å²) in [5, 5.41) is -0.0207. The Labute approximate surface area is 62.0 Å². The van der Waals surface area contributed by atoms with Gasteiger partial charge in [0.25, 0.3) is 0 Å². The van der Waals surface area contributed by atoms with E-state index in [2.05, 4.69) is 9.97 Å². The first kappa shape index (κ1) is 7.21. The van der Waals surface area contributed by atoms with Gasteiger partial charge in [0, 0.05) is 6.07 Å². The minimum Gasteiger partial charge on any atom is -0.384 e. The molecule has 0 bridgehead atoms. The Morgan fingerprint density at radius 2 is 2.30 bits per heavy atom. The summed E-state index contributed by atoms with van der Waals surface area (Å²) >= 11 is 5.36. The summed E-state index contributed by atoms with van der Waals surface area (Å²) in [7, 11) is 0. The fourth-order valence-corrected chi connectivity index (χ4v) is 0.760. The Kier molecular flexibility index (Phi) is 2.01. The zero-order valence-electron chi connectivity index (χ0n) is 5.01. The first-order valence-corrected chi connectivity index (χ1v) is 2.95. The zero-order chi connectivity index (χ0) is 7.56. The summed E-state index contributed by atoms with van der Waals surface area (Å²) in [5.41, 5.74) is 5.44. The van der Waals surface area contributed by atoms with Crippen molar-refractivity contribution in [3.05, 3.63) is 17.0 Å². The molecule has 1 rings (SSSR count). The van der Waals surface area contributed by atoms with Crippen LogP contribution in [0.4, 0.5) is 10.2 Å². The number of nitrogen functional groups attached to an aromatic ring is 1. The molecule has 1 aromatic rings. The Balaban J connectivity index is 3.06. The highest BCUT2D eigenvalue weighted by Gasteiger charge is 1.98. The maximum Gasteiger partial charge on any atom is 0.224 e. The topological polar surface area (TPSA) is 51.8 Å². The van der Waals surface area contributed by atoms with Gasteiger partial charge in [-0.3, -0.25) is 0 Å². The smallest absolute Gasteiger partial charge is 0.224 e. The van der Waals surface area contributed by atoms with Crippen LogP contribution < -0.4 is 5.73 Å². The van der Waals surface area contributed by atoms with E-state index < -0.39 is 6.67 Å². The quantitative estimate of drug-likeness (QED) is 0.630. The molecular formula is C5H5ClFN3. The second kappa shape index (κ2) is 2.79. The van der Waals surface area contributed by atoms with E-state index in [9.17, 15) is 4.39 Å². The highest BCUT2D eigenvalue weighted by Crippen LogP contribution is 2.07. The van der Waals surface area contributed by atoms with E-state index in [1.54, 1.807) is 0 Å².